The van der Waals surface area contributed by atoms with Crippen LogP contribution in [0.4, 0.5) is 23.7 Å². The monoisotopic (exact) mass is 328 g/mol. The fraction of sp³-hybridized carbons (Fsp3) is 0.267. The average molecular weight is 328 g/mol. The molecule has 0 spiro atoms. The Morgan fingerprint density at radius 1 is 1.30 bits per heavy atom. The number of benzene rings is 1. The molecule has 0 fully saturated rings. The van der Waals surface area contributed by atoms with Crippen molar-refractivity contribution in [3.63, 3.8) is 0 Å². The maximum atomic E-state index is 12.6. The molecular weight excluding hydrogens is 313 g/mol. The number of furan rings is 1. The van der Waals surface area contributed by atoms with Gasteiger partial charge in [0.25, 0.3) is 0 Å². The molecule has 1 atom stereocenters. The molecule has 3 N–H and O–H groups in total. The van der Waals surface area contributed by atoms with Gasteiger partial charge in [-0.05, 0) is 30.7 Å². The lowest BCUT2D eigenvalue weighted by Gasteiger charge is -2.12. The van der Waals surface area contributed by atoms with Crippen molar-refractivity contribution in [2.75, 3.05) is 11.9 Å². The molecule has 1 unspecified atom stereocenters. The Kier molecular flexibility index (Phi) is 5.28. The van der Waals surface area contributed by atoms with Gasteiger partial charge in [0.15, 0.2) is 0 Å². The van der Waals surface area contributed by atoms with E-state index in [0.717, 1.165) is 12.1 Å². The molecule has 1 aromatic carbocycles. The van der Waals surface area contributed by atoms with Crippen molar-refractivity contribution in [1.82, 2.24) is 5.32 Å². The van der Waals surface area contributed by atoms with Crippen molar-refractivity contribution in [3.05, 3.63) is 54.0 Å². The van der Waals surface area contributed by atoms with E-state index in [1.165, 1.54) is 24.7 Å². The summed E-state index contributed by atoms with van der Waals surface area (Å²) in [5, 5.41) is 14.6. The molecule has 8 heteroatoms. The van der Waals surface area contributed by atoms with E-state index < -0.39 is 23.9 Å². The van der Waals surface area contributed by atoms with Crippen molar-refractivity contribution in [2.45, 2.75) is 18.7 Å². The first-order valence-electron chi connectivity index (χ1n) is 6.78. The summed E-state index contributed by atoms with van der Waals surface area (Å²) in [7, 11) is 0. The van der Waals surface area contributed by atoms with E-state index in [1.807, 2.05) is 0 Å². The van der Waals surface area contributed by atoms with Crippen LogP contribution in [0.5, 0.6) is 0 Å². The van der Waals surface area contributed by atoms with Crippen LogP contribution in [-0.4, -0.2) is 17.7 Å². The summed E-state index contributed by atoms with van der Waals surface area (Å²) in [6.07, 6.45) is -2.19. The molecule has 124 valence electrons. The number of urea groups is 1. The van der Waals surface area contributed by atoms with Crippen molar-refractivity contribution in [1.29, 1.82) is 0 Å². The molecule has 0 saturated carbocycles. The summed E-state index contributed by atoms with van der Waals surface area (Å²) in [6.45, 7) is 0.150. The number of hydrogen-bond donors (Lipinski definition) is 3. The second kappa shape index (κ2) is 7.19. The summed E-state index contributed by atoms with van der Waals surface area (Å²) in [5.74, 6) is 0. The molecule has 2 rings (SSSR count). The number of carbonyl (C=O) groups is 1. The van der Waals surface area contributed by atoms with E-state index in [9.17, 15) is 23.1 Å². The average Bonchev–Trinajstić information content (AvgIpc) is 3.00. The van der Waals surface area contributed by atoms with Crippen molar-refractivity contribution >= 4 is 11.7 Å². The van der Waals surface area contributed by atoms with Gasteiger partial charge in [-0.1, -0.05) is 6.07 Å². The highest BCUT2D eigenvalue weighted by molar-refractivity contribution is 5.89. The van der Waals surface area contributed by atoms with Gasteiger partial charge in [-0.2, -0.15) is 13.2 Å². The molecule has 2 aromatic rings. The number of rotatable bonds is 5. The van der Waals surface area contributed by atoms with Crippen molar-refractivity contribution in [2.24, 2.45) is 0 Å². The van der Waals surface area contributed by atoms with Gasteiger partial charge in [0.05, 0.1) is 24.2 Å². The highest BCUT2D eigenvalue weighted by Gasteiger charge is 2.30. The Morgan fingerprint density at radius 3 is 2.74 bits per heavy atom. The number of hydrogen-bond acceptors (Lipinski definition) is 3. The molecule has 0 bridgehead atoms. The van der Waals surface area contributed by atoms with Crippen LogP contribution in [0.2, 0.25) is 0 Å². The predicted octanol–water partition coefficient (Wildman–Crippen LogP) is 3.54. The minimum atomic E-state index is -4.47. The zero-order valence-corrected chi connectivity index (χ0v) is 11.9. The highest BCUT2D eigenvalue weighted by atomic mass is 19.4. The summed E-state index contributed by atoms with van der Waals surface area (Å²) in [6, 6.07) is 5.29. The van der Waals surface area contributed by atoms with E-state index in [-0.39, 0.29) is 18.7 Å². The van der Waals surface area contributed by atoms with Gasteiger partial charge in [-0.3, -0.25) is 0 Å². The maximum Gasteiger partial charge on any atom is 0.416 e. The molecule has 0 saturated heterocycles. The van der Waals surface area contributed by atoms with E-state index in [1.54, 1.807) is 6.07 Å². The van der Waals surface area contributed by atoms with Crippen LogP contribution in [0.1, 0.15) is 23.7 Å². The van der Waals surface area contributed by atoms with E-state index in [4.69, 9.17) is 4.42 Å². The molecule has 2 amide bonds. The third-order valence-electron chi connectivity index (χ3n) is 3.08. The number of nitrogens with one attached hydrogen (secondary N) is 2. The zero-order valence-electron chi connectivity index (χ0n) is 11.9. The largest absolute Gasteiger partial charge is 0.472 e. The Labute approximate surface area is 130 Å². The minimum Gasteiger partial charge on any atom is -0.472 e. The van der Waals surface area contributed by atoms with Crippen LogP contribution >= 0.6 is 0 Å². The van der Waals surface area contributed by atoms with Gasteiger partial charge in [-0.15, -0.1) is 0 Å². The zero-order chi connectivity index (χ0) is 16.9. The highest BCUT2D eigenvalue weighted by Crippen LogP contribution is 2.30. The first-order valence-corrected chi connectivity index (χ1v) is 6.78. The van der Waals surface area contributed by atoms with Crippen LogP contribution < -0.4 is 10.6 Å². The Bertz CT molecular complexity index is 642. The molecule has 5 nitrogen and oxygen atoms in total. The first kappa shape index (κ1) is 16.9. The van der Waals surface area contributed by atoms with E-state index in [0.29, 0.717) is 5.56 Å². The maximum absolute atomic E-state index is 12.6. The standard InChI is InChI=1S/C15H15F3N2O3/c16-15(17,18)11-2-1-3-12(8-11)20-14(22)19-6-4-13(21)10-5-7-23-9-10/h1-3,5,7-9,13,21H,4,6H2,(H2,19,20,22). The fourth-order valence-corrected chi connectivity index (χ4v) is 1.90. The molecule has 1 heterocycles. The lowest BCUT2D eigenvalue weighted by Crippen LogP contribution is -2.30. The van der Waals surface area contributed by atoms with Crippen LogP contribution in [-0.2, 0) is 6.18 Å². The van der Waals surface area contributed by atoms with Gasteiger partial charge < -0.3 is 20.2 Å². The predicted molar refractivity (Wildman–Crippen MR) is 76.8 cm³/mol. The minimum absolute atomic E-state index is 0.0349. The summed E-state index contributed by atoms with van der Waals surface area (Å²) in [4.78, 5) is 11.6. The van der Waals surface area contributed by atoms with E-state index >= 15 is 0 Å². The fourth-order valence-electron chi connectivity index (χ4n) is 1.90. The second-order valence-electron chi connectivity index (χ2n) is 4.82. The van der Waals surface area contributed by atoms with Crippen LogP contribution in [0.3, 0.4) is 0 Å². The number of amides is 2. The normalized spacial score (nSPS) is 12.7. The smallest absolute Gasteiger partial charge is 0.416 e. The van der Waals surface area contributed by atoms with Gasteiger partial charge >= 0.3 is 12.2 Å². The molecule has 0 aliphatic carbocycles. The molecule has 0 radical (unpaired) electrons. The van der Waals surface area contributed by atoms with Gasteiger partial charge in [0.1, 0.15) is 0 Å². The molecular formula is C15H15F3N2O3. The number of alkyl halides is 3. The first-order chi connectivity index (χ1) is 10.9. The van der Waals surface area contributed by atoms with Gasteiger partial charge in [-0.25, -0.2) is 4.79 Å². The summed E-state index contributed by atoms with van der Waals surface area (Å²) < 4.78 is 42.5. The number of anilines is 1. The van der Waals surface area contributed by atoms with Crippen LogP contribution in [0.15, 0.2) is 47.3 Å². The molecule has 0 aliphatic heterocycles. The number of aliphatic hydroxyl groups excluding tert-OH is 1. The lowest BCUT2D eigenvalue weighted by molar-refractivity contribution is -0.137. The molecule has 0 aliphatic rings. The quantitative estimate of drug-likeness (QED) is 0.786. The Hall–Kier alpha value is -2.48. The van der Waals surface area contributed by atoms with Gasteiger partial charge in [0, 0.05) is 17.8 Å². The third kappa shape index (κ3) is 5.03. The van der Waals surface area contributed by atoms with Crippen LogP contribution in [0, 0.1) is 0 Å². The summed E-state index contributed by atoms with van der Waals surface area (Å²) in [5.41, 5.74) is -0.219. The topological polar surface area (TPSA) is 74.5 Å². The SMILES string of the molecule is O=C(NCCC(O)c1ccoc1)Nc1cccc(C(F)(F)F)c1. The lowest BCUT2D eigenvalue weighted by atomic mass is 10.1. The number of carbonyl (C=O) groups excluding carboxylic acids is 1. The Morgan fingerprint density at radius 2 is 2.09 bits per heavy atom. The summed E-state index contributed by atoms with van der Waals surface area (Å²) >= 11 is 0. The van der Waals surface area contributed by atoms with Gasteiger partial charge in [0.2, 0.25) is 0 Å². The van der Waals surface area contributed by atoms with Crippen LogP contribution in [0.25, 0.3) is 0 Å². The number of aliphatic hydroxyl groups is 1. The molecule has 1 aromatic heterocycles. The second-order valence-corrected chi connectivity index (χ2v) is 4.82. The van der Waals surface area contributed by atoms with E-state index in [2.05, 4.69) is 10.6 Å². The third-order valence-corrected chi connectivity index (χ3v) is 3.08. The number of halogens is 3. The van der Waals surface area contributed by atoms with Crippen molar-refractivity contribution in [3.8, 4) is 0 Å². The van der Waals surface area contributed by atoms with Crippen molar-refractivity contribution < 1.29 is 27.5 Å². The Balaban J connectivity index is 1.81. The molecule has 23 heavy (non-hydrogen) atoms.